The SMILES string of the molecule is CN=C(NCC1CCOC1)N1CCCC1.I. The van der Waals surface area contributed by atoms with Gasteiger partial charge in [0.25, 0.3) is 0 Å². The number of aliphatic imine (C=N–C) groups is 1. The molecular formula is C11H22IN3O. The molecule has 0 aromatic rings. The summed E-state index contributed by atoms with van der Waals surface area (Å²) in [5.74, 6) is 1.74. The summed E-state index contributed by atoms with van der Waals surface area (Å²) in [6.45, 7) is 5.14. The van der Waals surface area contributed by atoms with E-state index in [0.717, 1.165) is 38.8 Å². The molecule has 94 valence electrons. The number of nitrogens with zero attached hydrogens (tertiary/aromatic N) is 2. The number of halogens is 1. The molecule has 1 unspecified atom stereocenters. The van der Waals surface area contributed by atoms with Crippen molar-refractivity contribution in [1.82, 2.24) is 10.2 Å². The lowest BCUT2D eigenvalue weighted by atomic mass is 10.1. The second kappa shape index (κ2) is 7.32. The fourth-order valence-corrected chi connectivity index (χ4v) is 2.24. The standard InChI is InChI=1S/C11H21N3O.HI/c1-12-11(14-5-2-3-6-14)13-8-10-4-7-15-9-10;/h10H,2-9H2,1H3,(H,12,13);1H. The molecule has 2 aliphatic rings. The molecule has 2 heterocycles. The third-order valence-electron chi connectivity index (χ3n) is 3.19. The summed E-state index contributed by atoms with van der Waals surface area (Å²) in [5.41, 5.74) is 0. The predicted octanol–water partition coefficient (Wildman–Crippen LogP) is 1.31. The van der Waals surface area contributed by atoms with E-state index in [1.54, 1.807) is 0 Å². The molecule has 0 aliphatic carbocycles. The fraction of sp³-hybridized carbons (Fsp3) is 0.909. The van der Waals surface area contributed by atoms with Crippen molar-refractivity contribution in [3.05, 3.63) is 0 Å². The van der Waals surface area contributed by atoms with Gasteiger partial charge in [0.2, 0.25) is 0 Å². The lowest BCUT2D eigenvalue weighted by Crippen LogP contribution is -2.41. The minimum atomic E-state index is 0. The van der Waals surface area contributed by atoms with Crippen molar-refractivity contribution in [3.8, 4) is 0 Å². The monoisotopic (exact) mass is 339 g/mol. The highest BCUT2D eigenvalue weighted by atomic mass is 127. The first kappa shape index (κ1) is 14.0. The Morgan fingerprint density at radius 1 is 1.44 bits per heavy atom. The quantitative estimate of drug-likeness (QED) is 0.468. The Morgan fingerprint density at radius 3 is 2.75 bits per heavy atom. The van der Waals surface area contributed by atoms with E-state index in [1.807, 2.05) is 7.05 Å². The molecule has 4 nitrogen and oxygen atoms in total. The Bertz CT molecular complexity index is 223. The van der Waals surface area contributed by atoms with Gasteiger partial charge in [-0.3, -0.25) is 4.99 Å². The number of rotatable bonds is 2. The summed E-state index contributed by atoms with van der Waals surface area (Å²) in [6, 6.07) is 0. The van der Waals surface area contributed by atoms with Crippen LogP contribution in [0.25, 0.3) is 0 Å². The number of hydrogen-bond donors (Lipinski definition) is 1. The van der Waals surface area contributed by atoms with Crippen molar-refractivity contribution >= 4 is 29.9 Å². The zero-order chi connectivity index (χ0) is 10.5. The fourth-order valence-electron chi connectivity index (χ4n) is 2.24. The van der Waals surface area contributed by atoms with Gasteiger partial charge in [-0.15, -0.1) is 24.0 Å². The summed E-state index contributed by atoms with van der Waals surface area (Å²) in [6.07, 6.45) is 3.78. The summed E-state index contributed by atoms with van der Waals surface area (Å²) in [4.78, 5) is 6.66. The molecule has 1 atom stereocenters. The molecule has 5 heteroatoms. The molecule has 2 fully saturated rings. The molecule has 0 amide bonds. The molecule has 0 radical (unpaired) electrons. The average Bonchev–Trinajstić information content (AvgIpc) is 2.90. The minimum Gasteiger partial charge on any atom is -0.381 e. The molecule has 0 saturated carbocycles. The molecular weight excluding hydrogens is 317 g/mol. The third kappa shape index (κ3) is 3.76. The van der Waals surface area contributed by atoms with Gasteiger partial charge in [-0.25, -0.2) is 0 Å². The van der Waals surface area contributed by atoms with Crippen molar-refractivity contribution in [2.24, 2.45) is 10.9 Å². The van der Waals surface area contributed by atoms with E-state index in [4.69, 9.17) is 4.74 Å². The number of nitrogens with one attached hydrogen (secondary N) is 1. The van der Waals surface area contributed by atoms with Crippen molar-refractivity contribution in [2.45, 2.75) is 19.3 Å². The van der Waals surface area contributed by atoms with Crippen LogP contribution in [0.1, 0.15) is 19.3 Å². The Balaban J connectivity index is 0.00000128. The van der Waals surface area contributed by atoms with Crippen LogP contribution in [-0.2, 0) is 4.74 Å². The van der Waals surface area contributed by atoms with Gasteiger partial charge in [-0.05, 0) is 19.3 Å². The van der Waals surface area contributed by atoms with E-state index < -0.39 is 0 Å². The van der Waals surface area contributed by atoms with Gasteiger partial charge < -0.3 is 15.0 Å². The maximum absolute atomic E-state index is 5.36. The van der Waals surface area contributed by atoms with Crippen LogP contribution in [0.5, 0.6) is 0 Å². The van der Waals surface area contributed by atoms with E-state index >= 15 is 0 Å². The number of likely N-dealkylation sites (tertiary alicyclic amines) is 1. The normalized spacial score (nSPS) is 25.7. The van der Waals surface area contributed by atoms with E-state index in [9.17, 15) is 0 Å². The van der Waals surface area contributed by atoms with Gasteiger partial charge in [0, 0.05) is 39.2 Å². The topological polar surface area (TPSA) is 36.9 Å². The number of ether oxygens (including phenoxy) is 1. The Morgan fingerprint density at radius 2 is 2.19 bits per heavy atom. The highest BCUT2D eigenvalue weighted by Crippen LogP contribution is 2.11. The van der Waals surface area contributed by atoms with E-state index in [0.29, 0.717) is 5.92 Å². The first-order valence-electron chi connectivity index (χ1n) is 5.93. The highest BCUT2D eigenvalue weighted by molar-refractivity contribution is 14.0. The zero-order valence-corrected chi connectivity index (χ0v) is 12.3. The number of guanidine groups is 1. The maximum atomic E-state index is 5.36. The van der Waals surface area contributed by atoms with Gasteiger partial charge in [0.1, 0.15) is 0 Å². The molecule has 2 rings (SSSR count). The smallest absolute Gasteiger partial charge is 0.193 e. The Kier molecular flexibility index (Phi) is 6.41. The van der Waals surface area contributed by atoms with Crippen LogP contribution in [0, 0.1) is 5.92 Å². The van der Waals surface area contributed by atoms with Crippen molar-refractivity contribution in [1.29, 1.82) is 0 Å². The number of hydrogen-bond acceptors (Lipinski definition) is 2. The second-order valence-corrected chi connectivity index (χ2v) is 4.35. The van der Waals surface area contributed by atoms with Gasteiger partial charge in [0.05, 0.1) is 6.61 Å². The maximum Gasteiger partial charge on any atom is 0.193 e. The summed E-state index contributed by atoms with van der Waals surface area (Å²) in [5, 5.41) is 3.45. The largest absolute Gasteiger partial charge is 0.381 e. The molecule has 0 aromatic carbocycles. The van der Waals surface area contributed by atoms with Crippen LogP contribution >= 0.6 is 24.0 Å². The van der Waals surface area contributed by atoms with Gasteiger partial charge in [-0.2, -0.15) is 0 Å². The summed E-state index contributed by atoms with van der Waals surface area (Å²) >= 11 is 0. The minimum absolute atomic E-state index is 0. The molecule has 2 saturated heterocycles. The molecule has 0 spiro atoms. The highest BCUT2D eigenvalue weighted by Gasteiger charge is 2.19. The second-order valence-electron chi connectivity index (χ2n) is 4.35. The van der Waals surface area contributed by atoms with Crippen LogP contribution in [0.15, 0.2) is 4.99 Å². The predicted molar refractivity (Wildman–Crippen MR) is 76.5 cm³/mol. The van der Waals surface area contributed by atoms with E-state index in [-0.39, 0.29) is 24.0 Å². The van der Waals surface area contributed by atoms with Gasteiger partial charge in [-0.1, -0.05) is 0 Å². The van der Waals surface area contributed by atoms with Crippen LogP contribution in [0.2, 0.25) is 0 Å². The molecule has 0 bridgehead atoms. The van der Waals surface area contributed by atoms with Crippen LogP contribution < -0.4 is 5.32 Å². The van der Waals surface area contributed by atoms with Crippen LogP contribution in [0.4, 0.5) is 0 Å². The van der Waals surface area contributed by atoms with Crippen LogP contribution in [-0.4, -0.2) is 50.8 Å². The Labute approximate surface area is 115 Å². The van der Waals surface area contributed by atoms with Crippen molar-refractivity contribution in [3.63, 3.8) is 0 Å². The first-order valence-corrected chi connectivity index (χ1v) is 5.93. The van der Waals surface area contributed by atoms with Crippen molar-refractivity contribution < 1.29 is 4.74 Å². The van der Waals surface area contributed by atoms with Crippen molar-refractivity contribution in [2.75, 3.05) is 39.9 Å². The zero-order valence-electron chi connectivity index (χ0n) is 9.95. The molecule has 1 N–H and O–H groups in total. The lowest BCUT2D eigenvalue weighted by Gasteiger charge is -2.22. The van der Waals surface area contributed by atoms with Gasteiger partial charge in [0.15, 0.2) is 5.96 Å². The average molecular weight is 339 g/mol. The molecule has 0 aromatic heterocycles. The Hall–Kier alpha value is -0.0400. The summed E-state index contributed by atoms with van der Waals surface area (Å²) < 4.78 is 5.36. The van der Waals surface area contributed by atoms with E-state index in [1.165, 1.54) is 19.3 Å². The van der Waals surface area contributed by atoms with Gasteiger partial charge >= 0.3 is 0 Å². The first-order chi connectivity index (χ1) is 7.40. The lowest BCUT2D eigenvalue weighted by molar-refractivity contribution is 0.186. The molecule has 2 aliphatic heterocycles. The molecule has 16 heavy (non-hydrogen) atoms. The van der Waals surface area contributed by atoms with Crippen LogP contribution in [0.3, 0.4) is 0 Å². The summed E-state index contributed by atoms with van der Waals surface area (Å²) in [7, 11) is 1.87. The third-order valence-corrected chi connectivity index (χ3v) is 3.19. The van der Waals surface area contributed by atoms with E-state index in [2.05, 4.69) is 15.2 Å².